The van der Waals surface area contributed by atoms with Crippen LogP contribution in [0.2, 0.25) is 0 Å². The fourth-order valence-corrected chi connectivity index (χ4v) is 3.74. The maximum absolute atomic E-state index is 14.6. The largest absolute Gasteiger partial charge is 0.493 e. The van der Waals surface area contributed by atoms with Crippen LogP contribution in [0.3, 0.4) is 0 Å². The molecule has 1 saturated heterocycles. The number of hydrogen-bond acceptors (Lipinski definition) is 6. The van der Waals surface area contributed by atoms with Crippen molar-refractivity contribution < 1.29 is 13.9 Å². The van der Waals surface area contributed by atoms with Crippen LogP contribution in [0.1, 0.15) is 25.3 Å². The highest BCUT2D eigenvalue weighted by molar-refractivity contribution is 5.80. The van der Waals surface area contributed by atoms with Gasteiger partial charge in [-0.25, -0.2) is 9.37 Å². The van der Waals surface area contributed by atoms with Crippen molar-refractivity contribution in [2.24, 2.45) is 13.0 Å². The number of fused-ring (bicyclic) bond motifs is 1. The molecule has 31 heavy (non-hydrogen) atoms. The van der Waals surface area contributed by atoms with Gasteiger partial charge >= 0.3 is 0 Å². The fraction of sp³-hybridized carbons (Fsp3) is 0.429. The van der Waals surface area contributed by atoms with Crippen molar-refractivity contribution in [3.8, 4) is 5.75 Å². The van der Waals surface area contributed by atoms with E-state index in [1.807, 2.05) is 18.1 Å². The van der Waals surface area contributed by atoms with E-state index < -0.39 is 11.4 Å². The molecule has 9 nitrogen and oxygen atoms in total. The summed E-state index contributed by atoms with van der Waals surface area (Å²) in [5, 5.41) is 7.02. The van der Waals surface area contributed by atoms with Gasteiger partial charge in [0, 0.05) is 57.5 Å². The number of anilines is 1. The van der Waals surface area contributed by atoms with Gasteiger partial charge in [-0.15, -0.1) is 0 Å². The summed E-state index contributed by atoms with van der Waals surface area (Å²) >= 11 is 0. The van der Waals surface area contributed by atoms with Crippen molar-refractivity contribution in [2.45, 2.75) is 26.3 Å². The third-order valence-electron chi connectivity index (χ3n) is 5.50. The Kier molecular flexibility index (Phi) is 5.88. The highest BCUT2D eigenvalue weighted by atomic mass is 19.1. The van der Waals surface area contributed by atoms with Gasteiger partial charge in [0.2, 0.25) is 11.9 Å². The number of aromatic nitrogens is 4. The van der Waals surface area contributed by atoms with Gasteiger partial charge in [-0.1, -0.05) is 0 Å². The van der Waals surface area contributed by atoms with Gasteiger partial charge in [-0.2, -0.15) is 5.10 Å². The molecule has 0 bridgehead atoms. The Bertz CT molecular complexity index is 1150. The minimum atomic E-state index is -0.675. The predicted molar refractivity (Wildman–Crippen MR) is 113 cm³/mol. The molecular formula is C21H25FN6O3. The first-order valence-electron chi connectivity index (χ1n) is 10.2. The maximum atomic E-state index is 14.6. The molecule has 1 amide bonds. The predicted octanol–water partition coefficient (Wildman–Crippen LogP) is 2.05. The van der Waals surface area contributed by atoms with Gasteiger partial charge in [-0.3, -0.25) is 19.3 Å². The van der Waals surface area contributed by atoms with E-state index in [9.17, 15) is 14.0 Å². The number of likely N-dealkylation sites (tertiary alicyclic amines) is 1. The van der Waals surface area contributed by atoms with Crippen LogP contribution < -0.4 is 15.6 Å². The van der Waals surface area contributed by atoms with Crippen molar-refractivity contribution >= 4 is 22.8 Å². The lowest BCUT2D eigenvalue weighted by Gasteiger charge is -2.31. The zero-order valence-electron chi connectivity index (χ0n) is 17.5. The fourth-order valence-electron chi connectivity index (χ4n) is 3.74. The Hall–Kier alpha value is -3.43. The molecular weight excluding hydrogens is 403 g/mol. The third-order valence-corrected chi connectivity index (χ3v) is 5.50. The number of carbonyl (C=O) groups excluding carboxylic acids is 1. The number of hydrogen-bond donors (Lipinski definition) is 2. The number of H-pyrrole nitrogens is 1. The summed E-state index contributed by atoms with van der Waals surface area (Å²) in [6.45, 7) is 3.83. The molecule has 2 aromatic heterocycles. The third kappa shape index (κ3) is 4.84. The number of benzene rings is 1. The summed E-state index contributed by atoms with van der Waals surface area (Å²) in [7, 11) is 1.82. The molecule has 0 atom stereocenters. The lowest BCUT2D eigenvalue weighted by Crippen LogP contribution is -2.38. The number of aryl methyl sites for hydroxylation is 1. The van der Waals surface area contributed by atoms with E-state index in [1.54, 1.807) is 23.9 Å². The second kappa shape index (κ2) is 8.75. The number of carbonyl (C=O) groups is 1. The molecule has 1 aliphatic rings. The highest BCUT2D eigenvalue weighted by Crippen LogP contribution is 2.24. The zero-order valence-corrected chi connectivity index (χ0v) is 17.5. The minimum Gasteiger partial charge on any atom is -0.493 e. The molecule has 0 aliphatic carbocycles. The first kappa shape index (κ1) is 20.8. The van der Waals surface area contributed by atoms with E-state index in [1.165, 1.54) is 6.07 Å². The second-order valence-electron chi connectivity index (χ2n) is 7.85. The molecule has 1 aromatic carbocycles. The number of nitrogens with one attached hydrogen (secondary N) is 2. The van der Waals surface area contributed by atoms with Gasteiger partial charge in [0.1, 0.15) is 17.0 Å². The molecule has 164 valence electrons. The van der Waals surface area contributed by atoms with Crippen LogP contribution in [-0.4, -0.2) is 50.3 Å². The molecule has 2 N–H and O–H groups in total. The van der Waals surface area contributed by atoms with Crippen molar-refractivity contribution in [3.05, 3.63) is 46.3 Å². The van der Waals surface area contributed by atoms with E-state index in [-0.39, 0.29) is 22.8 Å². The standard InChI is InChI=1S/C21H25FN6O3/c1-13(29)28-5-3-14(4-6-28)12-31-16-7-17(22)19-18(8-16)25-21(26-20(19)30)23-9-15-10-24-27(2)11-15/h7-8,10-11,14H,3-6,9,12H2,1-2H3,(H2,23,25,26,30). The first-order valence-corrected chi connectivity index (χ1v) is 10.2. The summed E-state index contributed by atoms with van der Waals surface area (Å²) in [5.74, 6) is 0.273. The Morgan fingerprint density at radius 1 is 1.35 bits per heavy atom. The van der Waals surface area contributed by atoms with Gasteiger partial charge in [-0.05, 0) is 18.8 Å². The molecule has 0 radical (unpaired) electrons. The summed E-state index contributed by atoms with van der Waals surface area (Å²) in [6.07, 6.45) is 5.24. The minimum absolute atomic E-state index is 0.0835. The molecule has 1 fully saturated rings. The lowest BCUT2D eigenvalue weighted by molar-refractivity contribution is -0.130. The summed E-state index contributed by atoms with van der Waals surface area (Å²) < 4.78 is 22.1. The molecule has 0 unspecified atom stereocenters. The van der Waals surface area contributed by atoms with E-state index >= 15 is 0 Å². The number of halogens is 1. The quantitative estimate of drug-likeness (QED) is 0.623. The number of aromatic amines is 1. The van der Waals surface area contributed by atoms with Crippen LogP contribution >= 0.6 is 0 Å². The van der Waals surface area contributed by atoms with Crippen molar-refractivity contribution in [2.75, 3.05) is 25.0 Å². The average Bonchev–Trinajstić information content (AvgIpc) is 3.15. The van der Waals surface area contributed by atoms with Gasteiger partial charge < -0.3 is 15.0 Å². The molecule has 3 heterocycles. The van der Waals surface area contributed by atoms with Crippen molar-refractivity contribution in [3.63, 3.8) is 0 Å². The summed E-state index contributed by atoms with van der Waals surface area (Å²) in [6, 6.07) is 2.79. The van der Waals surface area contributed by atoms with Crippen molar-refractivity contribution in [1.29, 1.82) is 0 Å². The summed E-state index contributed by atoms with van der Waals surface area (Å²) in [4.78, 5) is 32.5. The first-order chi connectivity index (χ1) is 14.9. The Labute approximate surface area is 178 Å². The lowest BCUT2D eigenvalue weighted by atomic mass is 9.98. The number of piperidine rings is 1. The van der Waals surface area contributed by atoms with Gasteiger partial charge in [0.15, 0.2) is 0 Å². The monoisotopic (exact) mass is 428 g/mol. The number of ether oxygens (including phenoxy) is 1. The molecule has 0 saturated carbocycles. The van der Waals surface area contributed by atoms with E-state index in [0.717, 1.165) is 18.4 Å². The second-order valence-corrected chi connectivity index (χ2v) is 7.85. The number of rotatable bonds is 6. The van der Waals surface area contributed by atoms with Crippen LogP contribution in [0.4, 0.5) is 10.3 Å². The molecule has 0 spiro atoms. The normalized spacial score (nSPS) is 14.7. The molecule has 4 rings (SSSR count). The maximum Gasteiger partial charge on any atom is 0.263 e. The van der Waals surface area contributed by atoms with Crippen LogP contribution in [0.25, 0.3) is 10.9 Å². The zero-order chi connectivity index (χ0) is 22.0. The highest BCUT2D eigenvalue weighted by Gasteiger charge is 2.21. The van der Waals surface area contributed by atoms with E-state index in [2.05, 4.69) is 20.4 Å². The van der Waals surface area contributed by atoms with Crippen LogP contribution in [0.5, 0.6) is 5.75 Å². The SMILES string of the molecule is CC(=O)N1CCC(COc2cc(F)c3c(=O)[nH]c(NCc4cnn(C)c4)nc3c2)CC1. The number of amides is 1. The molecule has 1 aliphatic heterocycles. The smallest absolute Gasteiger partial charge is 0.263 e. The van der Waals surface area contributed by atoms with Crippen molar-refractivity contribution in [1.82, 2.24) is 24.6 Å². The Morgan fingerprint density at radius 3 is 2.81 bits per heavy atom. The molecule has 3 aromatic rings. The Balaban J connectivity index is 1.46. The van der Waals surface area contributed by atoms with Crippen LogP contribution in [-0.2, 0) is 18.4 Å². The van der Waals surface area contributed by atoms with E-state index in [0.29, 0.717) is 37.9 Å². The van der Waals surface area contributed by atoms with Gasteiger partial charge in [0.05, 0.1) is 18.3 Å². The topological polar surface area (TPSA) is 105 Å². The van der Waals surface area contributed by atoms with Gasteiger partial charge in [0.25, 0.3) is 5.56 Å². The summed E-state index contributed by atoms with van der Waals surface area (Å²) in [5.41, 5.74) is 0.586. The average molecular weight is 428 g/mol. The number of nitrogens with zero attached hydrogens (tertiary/aromatic N) is 4. The Morgan fingerprint density at radius 2 is 2.13 bits per heavy atom. The van der Waals surface area contributed by atoms with Crippen LogP contribution in [0.15, 0.2) is 29.3 Å². The molecule has 10 heteroatoms. The van der Waals surface area contributed by atoms with Crippen LogP contribution in [0, 0.1) is 11.7 Å². The van der Waals surface area contributed by atoms with E-state index in [4.69, 9.17) is 4.74 Å².